The van der Waals surface area contributed by atoms with Gasteiger partial charge in [0.25, 0.3) is 12.4 Å². The van der Waals surface area contributed by atoms with Crippen LogP contribution < -0.4 is 0 Å². The average Bonchev–Trinajstić information content (AvgIpc) is 1.56. The van der Waals surface area contributed by atoms with E-state index in [9.17, 15) is 0 Å². The Balaban J connectivity index is -0.0000000189. The van der Waals surface area contributed by atoms with Crippen LogP contribution in [0.5, 0.6) is 0 Å². The van der Waals surface area contributed by atoms with Crippen LogP contribution in [0.1, 0.15) is 6.92 Å². The van der Waals surface area contributed by atoms with Crippen LogP contribution in [0.25, 0.3) is 0 Å². The van der Waals surface area contributed by atoms with Crippen LogP contribution in [0.15, 0.2) is 0 Å². The molecule has 0 saturated carbocycles. The van der Waals surface area contributed by atoms with Gasteiger partial charge in [0, 0.05) is 6.92 Å². The number of carboxylic acids is 1. The molecule has 0 radical (unpaired) electrons. The van der Waals surface area contributed by atoms with Crippen LogP contribution in [-0.4, -0.2) is 118 Å². The first-order valence-corrected chi connectivity index (χ1v) is 3.52. The van der Waals surface area contributed by atoms with Crippen LogP contribution in [0.4, 0.5) is 0 Å². The molecule has 0 aromatic heterocycles. The van der Waals surface area contributed by atoms with Gasteiger partial charge < -0.3 is 10.2 Å². The van der Waals surface area contributed by atoms with Crippen LogP contribution in [0, 0.1) is 0 Å². The summed E-state index contributed by atoms with van der Waals surface area (Å²) in [5, 5.41) is 14.3. The summed E-state index contributed by atoms with van der Waals surface area (Å²) < 4.78 is 31.6. The second-order valence-corrected chi connectivity index (χ2v) is 1.97. The van der Waals surface area contributed by atoms with Gasteiger partial charge in [0.15, 0.2) is 0 Å². The van der Waals surface area contributed by atoms with Crippen molar-refractivity contribution in [3.63, 3.8) is 0 Å². The van der Waals surface area contributed by atoms with Gasteiger partial charge in [-0.05, 0) is 0 Å². The van der Waals surface area contributed by atoms with Crippen molar-refractivity contribution >= 4 is 101 Å². The van der Waals surface area contributed by atoms with E-state index in [1.165, 1.54) is 0 Å². The molecular weight excluding hydrogens is 249 g/mol. The molecule has 0 unspecified atom stereocenters. The molecule has 4 N–H and O–H groups in total. The molecule has 0 aliphatic heterocycles. The van der Waals surface area contributed by atoms with E-state index in [-0.39, 0.29) is 84.4 Å². The molecule has 0 aromatic rings. The molecule has 0 saturated heterocycles. The summed E-state index contributed by atoms with van der Waals surface area (Å²) in [4.78, 5) is 17.4. The molecule has 15 heavy (non-hydrogen) atoms. The maximum absolute atomic E-state index is 9.00. The fourth-order valence-corrected chi connectivity index (χ4v) is 0. The Hall–Kier alpha value is 1.41. The minimum absolute atomic E-state index is 0. The van der Waals surface area contributed by atoms with Crippen LogP contribution in [0.2, 0.25) is 0 Å². The number of aliphatic carboxylic acids is 1. The third-order valence-electron chi connectivity index (χ3n) is 0. The summed E-state index contributed by atoms with van der Waals surface area (Å²) in [6.07, 6.45) is 0. The number of rotatable bonds is 0. The first-order valence-electron chi connectivity index (χ1n) is 2.12. The predicted molar refractivity (Wildman–Crippen MR) is 57.6 cm³/mol. The number of carbonyl (C=O) groups is 2. The Bertz CT molecular complexity index is 204. The summed E-state index contributed by atoms with van der Waals surface area (Å²) in [7, 11) is -4.67. The van der Waals surface area contributed by atoms with Gasteiger partial charge in [-0.3, -0.25) is 18.7 Å². The first-order chi connectivity index (χ1) is 5.15. The molecule has 0 aliphatic rings. The second-order valence-electron chi connectivity index (χ2n) is 1.07. The van der Waals surface area contributed by atoms with Gasteiger partial charge in [0.05, 0.1) is 0 Å². The molecule has 0 atom stereocenters. The summed E-state index contributed by atoms with van der Waals surface area (Å²) >= 11 is 0. The minimum atomic E-state index is -4.67. The molecule has 0 bridgehead atoms. The van der Waals surface area contributed by atoms with Gasteiger partial charge in [-0.15, -0.1) is 0 Å². The molecular formula is C3H11LiNa2O8S. The van der Waals surface area contributed by atoms with E-state index in [1.54, 1.807) is 0 Å². The molecule has 0 rings (SSSR count). The van der Waals surface area contributed by atoms with E-state index >= 15 is 0 Å². The summed E-state index contributed by atoms with van der Waals surface area (Å²) in [5.74, 6) is -0.833. The van der Waals surface area contributed by atoms with Crippen molar-refractivity contribution in [2.24, 2.45) is 0 Å². The van der Waals surface area contributed by atoms with E-state index in [1.807, 2.05) is 0 Å². The normalized spacial score (nSPS) is 6.33. The van der Waals surface area contributed by atoms with Gasteiger partial charge in [0.1, 0.15) is 0 Å². The van der Waals surface area contributed by atoms with Crippen molar-refractivity contribution in [1.82, 2.24) is 0 Å². The van der Waals surface area contributed by atoms with Crippen LogP contribution in [-0.2, 0) is 20.0 Å². The summed E-state index contributed by atoms with van der Waals surface area (Å²) in [5.41, 5.74) is 0. The van der Waals surface area contributed by atoms with Gasteiger partial charge in [-0.2, -0.15) is 8.42 Å². The Morgan fingerprint density at radius 3 is 1.20 bits per heavy atom. The van der Waals surface area contributed by atoms with E-state index < -0.39 is 16.4 Å². The van der Waals surface area contributed by atoms with E-state index in [2.05, 4.69) is 0 Å². The first kappa shape index (κ1) is 36.0. The topological polar surface area (TPSA) is 149 Å². The zero-order valence-electron chi connectivity index (χ0n) is 5.91. The Labute approximate surface area is 143 Å². The second kappa shape index (κ2) is 24.6. The van der Waals surface area contributed by atoms with Crippen molar-refractivity contribution in [3.05, 3.63) is 0 Å². The molecule has 0 aromatic carbocycles. The van der Waals surface area contributed by atoms with Crippen molar-refractivity contribution in [3.8, 4) is 0 Å². The predicted octanol–water partition coefficient (Wildman–Crippen LogP) is -2.81. The fraction of sp³-hybridized carbons (Fsp3) is 0.333. The molecule has 0 fully saturated rings. The number of carboxylic acid groups (broad SMARTS) is 2. The van der Waals surface area contributed by atoms with Crippen molar-refractivity contribution in [2.75, 3.05) is 0 Å². The quantitative estimate of drug-likeness (QED) is 0.207. The van der Waals surface area contributed by atoms with Gasteiger partial charge in [-0.1, -0.05) is 0 Å². The van der Waals surface area contributed by atoms with Gasteiger partial charge >= 0.3 is 88.4 Å². The molecule has 0 spiro atoms. The molecule has 0 amide bonds. The number of hydrogen-bond acceptors (Lipinski definition) is 4. The zero-order valence-corrected chi connectivity index (χ0v) is 6.72. The van der Waals surface area contributed by atoms with Crippen LogP contribution in [0.3, 0.4) is 0 Å². The Morgan fingerprint density at radius 1 is 1.20 bits per heavy atom. The molecule has 12 heteroatoms. The monoisotopic (exact) mass is 260 g/mol. The standard InChI is InChI=1S/C2H4O2.CH2O2.Li.2Na.H2O4S.3H/c1-2(3)4;2-1-3;;;;1-5(2,3)4;;;/h1H3,(H,3,4);1H,(H,2,3);;;;(H2,1,2,3,4);;;. The van der Waals surface area contributed by atoms with Crippen molar-refractivity contribution in [2.45, 2.75) is 6.92 Å². The van der Waals surface area contributed by atoms with E-state index in [0.717, 1.165) is 6.92 Å². The molecule has 0 aliphatic carbocycles. The maximum atomic E-state index is 9.00. The molecule has 8 nitrogen and oxygen atoms in total. The molecule has 80 valence electrons. The summed E-state index contributed by atoms with van der Waals surface area (Å²) in [6.45, 7) is 0.833. The average molecular weight is 260 g/mol. The Morgan fingerprint density at radius 2 is 1.20 bits per heavy atom. The van der Waals surface area contributed by atoms with E-state index in [0.29, 0.717) is 0 Å². The van der Waals surface area contributed by atoms with E-state index in [4.69, 9.17) is 37.3 Å². The zero-order chi connectivity index (χ0) is 10.8. The Kier molecular flexibility index (Phi) is 58.9. The third kappa shape index (κ3) is 1400. The van der Waals surface area contributed by atoms with Crippen molar-refractivity contribution in [1.29, 1.82) is 0 Å². The van der Waals surface area contributed by atoms with Gasteiger partial charge in [-0.25, -0.2) is 0 Å². The molecule has 0 heterocycles. The summed E-state index contributed by atoms with van der Waals surface area (Å²) in [6, 6.07) is 0. The number of hydrogen-bond donors (Lipinski definition) is 4. The van der Waals surface area contributed by atoms with Gasteiger partial charge in [0.2, 0.25) is 0 Å². The SMILES string of the molecule is CC(=O)O.O=CO.O=S(=O)(O)O.[LiH].[NaH].[NaH]. The van der Waals surface area contributed by atoms with Crippen LogP contribution >= 0.6 is 0 Å². The fourth-order valence-electron chi connectivity index (χ4n) is 0. The third-order valence-corrected chi connectivity index (χ3v) is 0. The van der Waals surface area contributed by atoms with Crippen molar-refractivity contribution < 1.29 is 37.3 Å².